The zero-order chi connectivity index (χ0) is 30.1. The number of nitrogens with zero attached hydrogens (tertiary/aromatic N) is 6. The van der Waals surface area contributed by atoms with Crippen molar-refractivity contribution in [3.05, 3.63) is 95.3 Å². The van der Waals surface area contributed by atoms with Gasteiger partial charge in [-0.05, 0) is 40.1 Å². The molecule has 0 amide bonds. The van der Waals surface area contributed by atoms with Crippen LogP contribution in [0.4, 0.5) is 13.2 Å². The number of benzene rings is 3. The number of rotatable bonds is 8. The highest BCUT2D eigenvalue weighted by atomic mass is 35.5. The van der Waals surface area contributed by atoms with E-state index in [1.54, 1.807) is 6.07 Å². The fourth-order valence-corrected chi connectivity index (χ4v) is 6.71. The van der Waals surface area contributed by atoms with Gasteiger partial charge in [-0.2, -0.15) is 17.9 Å². The molecule has 2 aliphatic heterocycles. The molecule has 1 aromatic heterocycles. The molecule has 9 nitrogen and oxygen atoms in total. The van der Waals surface area contributed by atoms with Crippen molar-refractivity contribution in [2.24, 2.45) is 0 Å². The van der Waals surface area contributed by atoms with Gasteiger partial charge in [0.05, 0.1) is 25.9 Å². The van der Waals surface area contributed by atoms with Gasteiger partial charge in [-0.25, -0.2) is 0 Å². The summed E-state index contributed by atoms with van der Waals surface area (Å²) in [6.07, 6.45) is -4.56. The van der Waals surface area contributed by atoms with Crippen molar-refractivity contribution in [2.45, 2.75) is 43.2 Å². The van der Waals surface area contributed by atoms with E-state index in [4.69, 9.17) is 9.47 Å². The minimum atomic E-state index is -4.76. The number of tetrazole rings is 1. The van der Waals surface area contributed by atoms with Crippen molar-refractivity contribution >= 4 is 24.8 Å². The Morgan fingerprint density at radius 2 is 1.53 bits per heavy atom. The summed E-state index contributed by atoms with van der Waals surface area (Å²) >= 11 is 0. The maximum Gasteiger partial charge on any atom is 0.453 e. The van der Waals surface area contributed by atoms with E-state index in [0.717, 1.165) is 0 Å². The first-order chi connectivity index (χ1) is 20.8. The largest absolute Gasteiger partial charge is 0.496 e. The van der Waals surface area contributed by atoms with Gasteiger partial charge in [-0.1, -0.05) is 60.7 Å². The molecule has 2 fully saturated rings. The average Bonchev–Trinajstić information content (AvgIpc) is 3.65. The second-order valence-electron chi connectivity index (χ2n) is 11.0. The van der Waals surface area contributed by atoms with Crippen LogP contribution in [0.15, 0.2) is 72.8 Å². The molecule has 45 heavy (non-hydrogen) atoms. The number of alkyl halides is 3. The van der Waals surface area contributed by atoms with Crippen molar-refractivity contribution in [1.82, 2.24) is 30.0 Å². The molecule has 0 radical (unpaired) electrons. The van der Waals surface area contributed by atoms with Gasteiger partial charge in [-0.15, -0.1) is 29.9 Å². The number of methoxy groups -OCH3 is 2. The smallest absolute Gasteiger partial charge is 0.453 e. The van der Waals surface area contributed by atoms with Gasteiger partial charge in [0.25, 0.3) is 5.82 Å². The van der Waals surface area contributed by atoms with Crippen LogP contribution in [0.5, 0.6) is 11.5 Å². The Hall–Kier alpha value is -3.42. The molecule has 3 atom stereocenters. The highest BCUT2D eigenvalue weighted by Crippen LogP contribution is 2.41. The van der Waals surface area contributed by atoms with E-state index in [1.807, 2.05) is 36.4 Å². The van der Waals surface area contributed by atoms with E-state index in [2.05, 4.69) is 49.6 Å². The number of aromatic nitrogens is 4. The number of halogens is 5. The van der Waals surface area contributed by atoms with Crippen LogP contribution < -0.4 is 9.47 Å². The number of aliphatic hydroxyl groups is 1. The molecule has 242 valence electrons. The number of hydrogen-bond acceptors (Lipinski definition) is 8. The maximum atomic E-state index is 13.7. The highest BCUT2D eigenvalue weighted by Gasteiger charge is 2.45. The summed E-state index contributed by atoms with van der Waals surface area (Å²) in [5.41, 5.74) is 3.01. The molecular formula is C31H35Cl2F3N6O3. The lowest BCUT2D eigenvalue weighted by atomic mass is 9.82. The Morgan fingerprint density at radius 3 is 2.11 bits per heavy atom. The minimum Gasteiger partial charge on any atom is -0.496 e. The van der Waals surface area contributed by atoms with E-state index >= 15 is 0 Å². The van der Waals surface area contributed by atoms with Crippen molar-refractivity contribution in [2.75, 3.05) is 33.9 Å². The molecule has 0 aliphatic carbocycles. The predicted molar refractivity (Wildman–Crippen MR) is 167 cm³/mol. The topological polar surface area (TPSA) is 88.8 Å². The normalized spacial score (nSPS) is 20.3. The summed E-state index contributed by atoms with van der Waals surface area (Å²) in [6, 6.07) is 23.9. The van der Waals surface area contributed by atoms with Crippen LogP contribution in [0.3, 0.4) is 0 Å². The Labute approximate surface area is 271 Å². The second kappa shape index (κ2) is 14.3. The lowest BCUT2D eigenvalue weighted by Gasteiger charge is -2.47. The van der Waals surface area contributed by atoms with E-state index in [9.17, 15) is 18.3 Å². The summed E-state index contributed by atoms with van der Waals surface area (Å²) in [5.74, 6) is -0.534. The van der Waals surface area contributed by atoms with Gasteiger partial charge < -0.3 is 14.6 Å². The molecule has 4 aromatic rings. The summed E-state index contributed by atoms with van der Waals surface area (Å²) < 4.78 is 53.2. The zero-order valence-corrected chi connectivity index (χ0v) is 26.3. The fraction of sp³-hybridized carbons (Fsp3) is 0.387. The SMILES string of the molecule is COc1ccc(-n2nnnc2C(F)(F)F)c(OC)c1CN1C[C@@H]2C[C@@H](O)CN2[C@H](C(c2ccccc2)c2ccccc2)C1.Cl.Cl. The van der Waals surface area contributed by atoms with Gasteiger partial charge in [0, 0.05) is 44.2 Å². The van der Waals surface area contributed by atoms with Crippen LogP contribution in [0, 0.1) is 0 Å². The van der Waals surface area contributed by atoms with Crippen LogP contribution in [-0.4, -0.2) is 87.2 Å². The number of piperazine rings is 1. The van der Waals surface area contributed by atoms with Crippen LogP contribution in [0.1, 0.15) is 34.9 Å². The Bertz CT molecular complexity index is 1510. The molecular weight excluding hydrogens is 632 g/mol. The lowest BCUT2D eigenvalue weighted by molar-refractivity contribution is -0.146. The van der Waals surface area contributed by atoms with Crippen LogP contribution in [-0.2, 0) is 12.7 Å². The van der Waals surface area contributed by atoms with Crippen molar-refractivity contribution < 1.29 is 27.8 Å². The molecule has 3 aromatic carbocycles. The first kappa shape index (κ1) is 34.5. The quantitative estimate of drug-likeness (QED) is 0.281. The van der Waals surface area contributed by atoms with E-state index in [0.29, 0.717) is 48.6 Å². The number of fused-ring (bicyclic) bond motifs is 1. The van der Waals surface area contributed by atoms with Crippen molar-refractivity contribution in [1.29, 1.82) is 0 Å². The van der Waals surface area contributed by atoms with Gasteiger partial charge in [0.2, 0.25) is 0 Å². The molecule has 0 unspecified atom stereocenters. The molecule has 2 saturated heterocycles. The zero-order valence-electron chi connectivity index (χ0n) is 24.7. The molecule has 0 bridgehead atoms. The molecule has 0 saturated carbocycles. The summed E-state index contributed by atoms with van der Waals surface area (Å²) in [4.78, 5) is 4.70. The maximum absolute atomic E-state index is 13.7. The fourth-order valence-electron chi connectivity index (χ4n) is 6.71. The first-order valence-electron chi connectivity index (χ1n) is 14.1. The molecule has 1 N–H and O–H groups in total. The Kier molecular flexibility index (Phi) is 11.0. The molecule has 14 heteroatoms. The van der Waals surface area contributed by atoms with Gasteiger partial charge in [-0.3, -0.25) is 9.80 Å². The van der Waals surface area contributed by atoms with Crippen LogP contribution in [0.25, 0.3) is 5.69 Å². The lowest BCUT2D eigenvalue weighted by Crippen LogP contribution is -2.58. The molecule has 0 spiro atoms. The number of aliphatic hydroxyl groups excluding tert-OH is 1. The summed E-state index contributed by atoms with van der Waals surface area (Å²) in [7, 11) is 2.93. The average molecular weight is 668 g/mol. The van der Waals surface area contributed by atoms with E-state index in [1.165, 1.54) is 31.4 Å². The van der Waals surface area contributed by atoms with E-state index in [-0.39, 0.29) is 54.3 Å². The van der Waals surface area contributed by atoms with Gasteiger partial charge >= 0.3 is 6.18 Å². The highest BCUT2D eigenvalue weighted by molar-refractivity contribution is 5.85. The van der Waals surface area contributed by atoms with Crippen LogP contribution in [0.2, 0.25) is 0 Å². The summed E-state index contributed by atoms with van der Waals surface area (Å²) in [6.45, 7) is 2.24. The molecule has 2 aliphatic rings. The third kappa shape index (κ3) is 6.90. The molecule has 6 rings (SSSR count). The second-order valence-corrected chi connectivity index (χ2v) is 11.0. The summed E-state index contributed by atoms with van der Waals surface area (Å²) in [5, 5.41) is 20.9. The van der Waals surface area contributed by atoms with Gasteiger partial charge in [0.15, 0.2) is 5.75 Å². The third-order valence-corrected chi connectivity index (χ3v) is 8.43. The van der Waals surface area contributed by atoms with Crippen molar-refractivity contribution in [3.8, 4) is 17.2 Å². The third-order valence-electron chi connectivity index (χ3n) is 8.43. The van der Waals surface area contributed by atoms with Crippen LogP contribution >= 0.6 is 24.8 Å². The molecule has 3 heterocycles. The predicted octanol–water partition coefficient (Wildman–Crippen LogP) is 4.99. The number of ether oxygens (including phenoxy) is 2. The van der Waals surface area contributed by atoms with Crippen molar-refractivity contribution in [3.63, 3.8) is 0 Å². The minimum absolute atomic E-state index is 0. The monoisotopic (exact) mass is 666 g/mol. The Morgan fingerprint density at radius 1 is 0.889 bits per heavy atom. The number of hydrogen-bond donors (Lipinski definition) is 1. The van der Waals surface area contributed by atoms with Gasteiger partial charge in [0.1, 0.15) is 11.4 Å². The Balaban J connectivity index is 0.00000230. The first-order valence-corrected chi connectivity index (χ1v) is 14.1. The van der Waals surface area contributed by atoms with E-state index < -0.39 is 18.1 Å². The standard InChI is InChI=1S/C31H33F3N6O3.2ClH/c1-42-27-14-13-25(40-30(31(32,33)34)35-36-37-40)29(43-2)24(27)18-38-16-22-15-23(41)17-39(22)26(19-38)28(20-9-5-3-6-10-20)21-11-7-4-8-12-21;;/h3-14,22-23,26,28,41H,15-19H2,1-2H3;2*1H/t22-,23+,26-;;/m0../s1.